The molecule has 0 bridgehead atoms. The van der Waals surface area contributed by atoms with Gasteiger partial charge in [0.1, 0.15) is 0 Å². The van der Waals surface area contributed by atoms with Crippen molar-refractivity contribution in [3.8, 4) is 0 Å². The molecular formula is C21H21N3O. The van der Waals surface area contributed by atoms with Crippen LogP contribution in [0.2, 0.25) is 0 Å². The Hall–Kier alpha value is -2.85. The minimum Gasteiger partial charge on any atom is -0.361 e. The summed E-state index contributed by atoms with van der Waals surface area (Å²) < 4.78 is 0. The van der Waals surface area contributed by atoms with Gasteiger partial charge in [0.25, 0.3) is 0 Å². The number of amides is 1. The van der Waals surface area contributed by atoms with Crippen LogP contribution in [0.1, 0.15) is 12.0 Å². The van der Waals surface area contributed by atoms with Gasteiger partial charge in [-0.25, -0.2) is 0 Å². The van der Waals surface area contributed by atoms with Gasteiger partial charge in [-0.1, -0.05) is 42.5 Å². The van der Waals surface area contributed by atoms with Crippen molar-refractivity contribution in [3.63, 3.8) is 0 Å². The Morgan fingerprint density at radius 3 is 2.68 bits per heavy atom. The fraction of sp³-hybridized carbons (Fsp3) is 0.190. The third kappa shape index (κ3) is 3.49. The summed E-state index contributed by atoms with van der Waals surface area (Å²) in [5.74, 6) is 0.0372. The molecule has 0 atom stereocenters. The van der Waals surface area contributed by atoms with Crippen LogP contribution < -0.4 is 5.32 Å². The first-order valence-electron chi connectivity index (χ1n) is 8.62. The molecule has 4 nitrogen and oxygen atoms in total. The maximum atomic E-state index is 12.2. The molecule has 4 rings (SSSR count). The number of fused-ring (bicyclic) bond motifs is 1. The van der Waals surface area contributed by atoms with Gasteiger partial charge in [-0.05, 0) is 30.2 Å². The molecule has 2 heterocycles. The predicted molar refractivity (Wildman–Crippen MR) is 102 cm³/mol. The number of benzene rings is 2. The number of nitrogens with one attached hydrogen (secondary N) is 2. The summed E-state index contributed by atoms with van der Waals surface area (Å²) in [5, 5.41) is 4.21. The van der Waals surface area contributed by atoms with E-state index in [0.717, 1.165) is 25.2 Å². The second kappa shape index (κ2) is 6.95. The summed E-state index contributed by atoms with van der Waals surface area (Å²) >= 11 is 0. The van der Waals surface area contributed by atoms with E-state index in [4.69, 9.17) is 0 Å². The third-order valence-corrected chi connectivity index (χ3v) is 4.65. The minimum absolute atomic E-state index is 0.0372. The molecule has 0 saturated heterocycles. The standard InChI is InChI=1S/C21H21N3O/c25-21(23-17-6-2-1-3-7-17)15-24-12-10-16(11-13-24)19-14-22-20-9-5-4-8-18(19)20/h1-10,14,22H,11-13,15H2,(H,23,25). The monoisotopic (exact) mass is 331 g/mol. The van der Waals surface area contributed by atoms with Crippen molar-refractivity contribution in [3.05, 3.63) is 72.4 Å². The third-order valence-electron chi connectivity index (χ3n) is 4.65. The number of para-hydroxylation sites is 2. The van der Waals surface area contributed by atoms with Crippen LogP contribution in [0.5, 0.6) is 0 Å². The summed E-state index contributed by atoms with van der Waals surface area (Å²) in [4.78, 5) is 17.7. The molecule has 3 aromatic rings. The van der Waals surface area contributed by atoms with Crippen molar-refractivity contribution in [1.29, 1.82) is 0 Å². The van der Waals surface area contributed by atoms with Crippen molar-refractivity contribution < 1.29 is 4.79 Å². The van der Waals surface area contributed by atoms with Gasteiger partial charge in [-0.2, -0.15) is 0 Å². The Balaban J connectivity index is 1.39. The van der Waals surface area contributed by atoms with Crippen molar-refractivity contribution in [2.45, 2.75) is 6.42 Å². The van der Waals surface area contributed by atoms with Crippen LogP contribution in [-0.2, 0) is 4.79 Å². The average Bonchev–Trinajstić information content (AvgIpc) is 3.07. The second-order valence-electron chi connectivity index (χ2n) is 6.38. The number of aromatic amines is 1. The fourth-order valence-electron chi connectivity index (χ4n) is 3.36. The lowest BCUT2D eigenvalue weighted by Crippen LogP contribution is -2.36. The van der Waals surface area contributed by atoms with Gasteiger partial charge in [0.2, 0.25) is 5.91 Å². The van der Waals surface area contributed by atoms with Crippen LogP contribution in [0.4, 0.5) is 5.69 Å². The molecule has 1 aliphatic rings. The normalized spacial score (nSPS) is 15.1. The van der Waals surface area contributed by atoms with E-state index in [2.05, 4.69) is 45.7 Å². The first kappa shape index (κ1) is 15.7. The molecule has 2 aromatic carbocycles. The lowest BCUT2D eigenvalue weighted by molar-refractivity contribution is -0.117. The van der Waals surface area contributed by atoms with Crippen LogP contribution in [0.15, 0.2) is 66.9 Å². The molecule has 2 N–H and O–H groups in total. The van der Waals surface area contributed by atoms with Gasteiger partial charge in [0.15, 0.2) is 0 Å². The molecule has 1 aliphatic heterocycles. The average molecular weight is 331 g/mol. The zero-order valence-corrected chi connectivity index (χ0v) is 14.0. The van der Waals surface area contributed by atoms with E-state index in [0.29, 0.717) is 6.54 Å². The first-order valence-corrected chi connectivity index (χ1v) is 8.62. The Morgan fingerprint density at radius 2 is 1.88 bits per heavy atom. The molecule has 1 aromatic heterocycles. The highest BCUT2D eigenvalue weighted by Crippen LogP contribution is 2.29. The second-order valence-corrected chi connectivity index (χ2v) is 6.38. The number of H-pyrrole nitrogens is 1. The number of hydrogen-bond donors (Lipinski definition) is 2. The number of anilines is 1. The lowest BCUT2D eigenvalue weighted by Gasteiger charge is -2.25. The van der Waals surface area contributed by atoms with Gasteiger partial charge < -0.3 is 10.3 Å². The maximum Gasteiger partial charge on any atom is 0.238 e. The van der Waals surface area contributed by atoms with E-state index in [1.807, 2.05) is 36.4 Å². The quantitative estimate of drug-likeness (QED) is 0.762. The Labute approximate surface area is 147 Å². The summed E-state index contributed by atoms with van der Waals surface area (Å²) in [6.07, 6.45) is 5.30. The SMILES string of the molecule is O=C(CN1CC=C(c2c[nH]c3ccccc23)CC1)Nc1ccccc1. The summed E-state index contributed by atoms with van der Waals surface area (Å²) in [6, 6.07) is 18.0. The molecule has 0 fully saturated rings. The predicted octanol–water partition coefficient (Wildman–Crippen LogP) is 3.90. The topological polar surface area (TPSA) is 48.1 Å². The van der Waals surface area contributed by atoms with E-state index in [1.54, 1.807) is 0 Å². The molecule has 0 unspecified atom stereocenters. The number of nitrogens with zero attached hydrogens (tertiary/aromatic N) is 1. The van der Waals surface area contributed by atoms with E-state index < -0.39 is 0 Å². The Bertz CT molecular complexity index is 911. The van der Waals surface area contributed by atoms with Gasteiger partial charge in [0, 0.05) is 41.4 Å². The van der Waals surface area contributed by atoms with Crippen LogP contribution in [0.3, 0.4) is 0 Å². The summed E-state index contributed by atoms with van der Waals surface area (Å²) in [7, 11) is 0. The molecule has 4 heteroatoms. The highest BCUT2D eigenvalue weighted by molar-refractivity contribution is 5.93. The summed E-state index contributed by atoms with van der Waals surface area (Å²) in [6.45, 7) is 2.12. The highest BCUT2D eigenvalue weighted by Gasteiger charge is 2.17. The van der Waals surface area contributed by atoms with E-state index in [9.17, 15) is 4.79 Å². The highest BCUT2D eigenvalue weighted by atomic mass is 16.2. The van der Waals surface area contributed by atoms with E-state index in [1.165, 1.54) is 22.0 Å². The van der Waals surface area contributed by atoms with E-state index in [-0.39, 0.29) is 5.91 Å². The van der Waals surface area contributed by atoms with Gasteiger partial charge >= 0.3 is 0 Å². The molecule has 0 saturated carbocycles. The van der Waals surface area contributed by atoms with Crippen molar-refractivity contribution >= 4 is 28.1 Å². The van der Waals surface area contributed by atoms with Crippen molar-refractivity contribution in [1.82, 2.24) is 9.88 Å². The van der Waals surface area contributed by atoms with E-state index >= 15 is 0 Å². The zero-order chi connectivity index (χ0) is 17.1. The van der Waals surface area contributed by atoms with Crippen molar-refractivity contribution in [2.75, 3.05) is 25.0 Å². The van der Waals surface area contributed by atoms with Crippen molar-refractivity contribution in [2.24, 2.45) is 0 Å². The van der Waals surface area contributed by atoms with Crippen LogP contribution in [-0.4, -0.2) is 35.4 Å². The number of carbonyl (C=O) groups excluding carboxylic acids is 1. The molecule has 25 heavy (non-hydrogen) atoms. The zero-order valence-electron chi connectivity index (χ0n) is 14.0. The number of hydrogen-bond acceptors (Lipinski definition) is 2. The molecule has 1 amide bonds. The van der Waals surface area contributed by atoms with Crippen LogP contribution >= 0.6 is 0 Å². The Morgan fingerprint density at radius 1 is 1.08 bits per heavy atom. The fourth-order valence-corrected chi connectivity index (χ4v) is 3.36. The van der Waals surface area contributed by atoms with Gasteiger partial charge in [-0.3, -0.25) is 9.69 Å². The molecule has 126 valence electrons. The van der Waals surface area contributed by atoms with Crippen LogP contribution in [0, 0.1) is 0 Å². The number of carbonyl (C=O) groups is 1. The number of aromatic nitrogens is 1. The Kier molecular flexibility index (Phi) is 4.36. The minimum atomic E-state index is 0.0372. The van der Waals surface area contributed by atoms with Gasteiger partial charge in [-0.15, -0.1) is 0 Å². The smallest absolute Gasteiger partial charge is 0.238 e. The van der Waals surface area contributed by atoms with Crippen LogP contribution in [0.25, 0.3) is 16.5 Å². The first-order chi connectivity index (χ1) is 12.3. The summed E-state index contributed by atoms with van der Waals surface area (Å²) in [5.41, 5.74) is 4.66. The molecular weight excluding hydrogens is 310 g/mol. The lowest BCUT2D eigenvalue weighted by atomic mass is 9.99. The largest absolute Gasteiger partial charge is 0.361 e. The van der Waals surface area contributed by atoms with Gasteiger partial charge in [0.05, 0.1) is 6.54 Å². The molecule has 0 spiro atoms. The maximum absolute atomic E-state index is 12.2. The molecule has 0 aliphatic carbocycles. The molecule has 0 radical (unpaired) electrons. The number of rotatable bonds is 4.